The molecule has 0 rings (SSSR count). The molecule has 0 radical (unpaired) electrons. The Morgan fingerprint density at radius 2 is 1.86 bits per heavy atom. The molecule has 0 aromatic heterocycles. The SMILES string of the molecule is CC(C)COC(=O)NC(=O)C(F)(F)F. The number of amides is 2. The van der Waals surface area contributed by atoms with Gasteiger partial charge in [-0.15, -0.1) is 0 Å². The van der Waals surface area contributed by atoms with Crippen molar-refractivity contribution < 1.29 is 27.5 Å². The smallest absolute Gasteiger partial charge is 0.449 e. The van der Waals surface area contributed by atoms with Crippen molar-refractivity contribution in [1.82, 2.24) is 5.32 Å². The molecule has 0 saturated heterocycles. The lowest BCUT2D eigenvalue weighted by atomic mass is 10.2. The predicted octanol–water partition coefficient (Wildman–Crippen LogP) is 1.46. The van der Waals surface area contributed by atoms with Crippen LogP contribution in [0.5, 0.6) is 0 Å². The van der Waals surface area contributed by atoms with E-state index in [1.165, 1.54) is 0 Å². The zero-order valence-electron chi connectivity index (χ0n) is 7.64. The van der Waals surface area contributed by atoms with Gasteiger partial charge in [0.15, 0.2) is 0 Å². The van der Waals surface area contributed by atoms with Crippen LogP contribution in [0.15, 0.2) is 0 Å². The van der Waals surface area contributed by atoms with Crippen LogP contribution in [0.4, 0.5) is 18.0 Å². The first-order valence-electron chi connectivity index (χ1n) is 3.78. The van der Waals surface area contributed by atoms with Crippen molar-refractivity contribution >= 4 is 12.0 Å². The standard InChI is InChI=1S/C7H10F3NO3/c1-4(2)3-14-6(13)11-5(12)7(8,9)10/h4H,3H2,1-2H3,(H,11,12,13). The van der Waals surface area contributed by atoms with Crippen LogP contribution in [0.3, 0.4) is 0 Å². The minimum Gasteiger partial charge on any atom is -0.449 e. The molecule has 2 amide bonds. The number of alkyl halides is 3. The molecule has 0 heterocycles. The molecule has 4 nitrogen and oxygen atoms in total. The average molecular weight is 213 g/mol. The molecular formula is C7H10F3NO3. The molecule has 1 N–H and O–H groups in total. The molecule has 0 aliphatic heterocycles. The molecule has 0 fully saturated rings. The lowest BCUT2D eigenvalue weighted by molar-refractivity contribution is -0.172. The zero-order chi connectivity index (χ0) is 11.4. The third-order valence-corrected chi connectivity index (χ3v) is 1.02. The lowest BCUT2D eigenvalue weighted by Crippen LogP contribution is -2.41. The molecule has 0 bridgehead atoms. The Hall–Kier alpha value is -1.27. The van der Waals surface area contributed by atoms with Gasteiger partial charge < -0.3 is 4.74 Å². The molecule has 0 aliphatic carbocycles. The number of imide groups is 1. The highest BCUT2D eigenvalue weighted by Gasteiger charge is 2.40. The maximum absolute atomic E-state index is 11.6. The minimum atomic E-state index is -5.07. The second kappa shape index (κ2) is 4.83. The van der Waals surface area contributed by atoms with E-state index in [0.29, 0.717) is 0 Å². The van der Waals surface area contributed by atoms with Crippen molar-refractivity contribution in [2.45, 2.75) is 20.0 Å². The number of ether oxygens (including phenoxy) is 1. The Labute approximate surface area is 78.4 Å². The molecule has 7 heteroatoms. The molecular weight excluding hydrogens is 203 g/mol. The van der Waals surface area contributed by atoms with Crippen molar-refractivity contribution in [1.29, 1.82) is 0 Å². The Morgan fingerprint density at radius 1 is 1.36 bits per heavy atom. The number of halogens is 3. The molecule has 0 saturated carbocycles. The van der Waals surface area contributed by atoms with Crippen molar-refractivity contribution in [2.24, 2.45) is 5.92 Å². The van der Waals surface area contributed by atoms with Gasteiger partial charge in [-0.25, -0.2) is 4.79 Å². The van der Waals surface area contributed by atoms with Crippen molar-refractivity contribution in [3.05, 3.63) is 0 Å². The fourth-order valence-electron chi connectivity index (χ4n) is 0.442. The summed E-state index contributed by atoms with van der Waals surface area (Å²) < 4.78 is 39.1. The number of hydrogen-bond donors (Lipinski definition) is 1. The normalized spacial score (nSPS) is 11.3. The van der Waals surface area contributed by atoms with Crippen LogP contribution in [0.2, 0.25) is 0 Å². The molecule has 0 unspecified atom stereocenters. The van der Waals surface area contributed by atoms with Gasteiger partial charge in [-0.2, -0.15) is 13.2 Å². The van der Waals surface area contributed by atoms with Crippen LogP contribution in [0.1, 0.15) is 13.8 Å². The summed E-state index contributed by atoms with van der Waals surface area (Å²) in [6.07, 6.45) is -6.46. The van der Waals surface area contributed by atoms with Crippen molar-refractivity contribution in [3.63, 3.8) is 0 Å². The highest BCUT2D eigenvalue weighted by Crippen LogP contribution is 2.13. The van der Waals surface area contributed by atoms with E-state index in [1.54, 1.807) is 13.8 Å². The summed E-state index contributed by atoms with van der Waals surface area (Å²) in [7, 11) is 0. The van der Waals surface area contributed by atoms with E-state index in [-0.39, 0.29) is 12.5 Å². The largest absolute Gasteiger partial charge is 0.471 e. The third-order valence-electron chi connectivity index (χ3n) is 1.02. The van der Waals surface area contributed by atoms with Crippen molar-refractivity contribution in [2.75, 3.05) is 6.61 Å². The van der Waals surface area contributed by atoms with E-state index < -0.39 is 18.2 Å². The minimum absolute atomic E-state index is 0.0123. The van der Waals surface area contributed by atoms with E-state index in [4.69, 9.17) is 0 Å². The van der Waals surface area contributed by atoms with E-state index in [9.17, 15) is 22.8 Å². The highest BCUT2D eigenvalue weighted by atomic mass is 19.4. The lowest BCUT2D eigenvalue weighted by Gasteiger charge is -2.08. The van der Waals surface area contributed by atoms with Crippen LogP contribution in [0.25, 0.3) is 0 Å². The van der Waals surface area contributed by atoms with Gasteiger partial charge >= 0.3 is 18.2 Å². The Balaban J connectivity index is 3.90. The van der Waals surface area contributed by atoms with Crippen molar-refractivity contribution in [3.8, 4) is 0 Å². The summed E-state index contributed by atoms with van der Waals surface area (Å²) >= 11 is 0. The van der Waals surface area contributed by atoms with Crippen LogP contribution >= 0.6 is 0 Å². The number of hydrogen-bond acceptors (Lipinski definition) is 3. The van der Waals surface area contributed by atoms with Gasteiger partial charge in [0, 0.05) is 0 Å². The summed E-state index contributed by atoms with van der Waals surface area (Å²) in [6.45, 7) is 3.37. The zero-order valence-corrected chi connectivity index (χ0v) is 7.64. The van der Waals surface area contributed by atoms with Crippen LogP contribution in [-0.4, -0.2) is 24.8 Å². The number of alkyl carbamates (subject to hydrolysis) is 1. The quantitative estimate of drug-likeness (QED) is 0.755. The molecule has 0 spiro atoms. The fraction of sp³-hybridized carbons (Fsp3) is 0.714. The summed E-state index contributed by atoms with van der Waals surface area (Å²) in [4.78, 5) is 20.7. The summed E-state index contributed by atoms with van der Waals surface area (Å²) in [5.74, 6) is -2.34. The van der Waals surface area contributed by atoms with E-state index in [0.717, 1.165) is 5.32 Å². The molecule has 0 aliphatic rings. The van der Waals surface area contributed by atoms with Gasteiger partial charge in [0.25, 0.3) is 0 Å². The molecule has 82 valence electrons. The topological polar surface area (TPSA) is 55.4 Å². The van der Waals surface area contributed by atoms with E-state index in [2.05, 4.69) is 4.74 Å². The average Bonchev–Trinajstić information content (AvgIpc) is 1.99. The first kappa shape index (κ1) is 12.7. The number of nitrogens with one attached hydrogen (secondary N) is 1. The highest BCUT2D eigenvalue weighted by molar-refractivity contribution is 5.94. The second-order valence-corrected chi connectivity index (χ2v) is 2.94. The van der Waals surface area contributed by atoms with Gasteiger partial charge in [0.2, 0.25) is 0 Å². The van der Waals surface area contributed by atoms with Gasteiger partial charge in [-0.05, 0) is 5.92 Å². The van der Waals surface area contributed by atoms with Crippen LogP contribution in [0, 0.1) is 5.92 Å². The first-order valence-corrected chi connectivity index (χ1v) is 3.78. The number of carbonyl (C=O) groups excluding carboxylic acids is 2. The first-order chi connectivity index (χ1) is 6.23. The number of carbonyl (C=O) groups is 2. The van der Waals surface area contributed by atoms with Gasteiger partial charge in [0.1, 0.15) is 0 Å². The summed E-state index contributed by atoms with van der Waals surface area (Å²) in [5, 5.41) is 1.05. The van der Waals surface area contributed by atoms with E-state index >= 15 is 0 Å². The van der Waals surface area contributed by atoms with E-state index in [1.807, 2.05) is 0 Å². The molecule has 0 aromatic carbocycles. The van der Waals surface area contributed by atoms with Crippen LogP contribution in [-0.2, 0) is 9.53 Å². The third kappa shape index (κ3) is 5.39. The number of rotatable bonds is 2. The Kier molecular flexibility index (Phi) is 4.39. The van der Waals surface area contributed by atoms with Gasteiger partial charge in [-0.1, -0.05) is 13.8 Å². The van der Waals surface area contributed by atoms with Gasteiger partial charge in [-0.3, -0.25) is 10.1 Å². The van der Waals surface area contributed by atoms with Gasteiger partial charge in [0.05, 0.1) is 6.61 Å². The molecule has 0 aromatic rings. The monoisotopic (exact) mass is 213 g/mol. The Bertz CT molecular complexity index is 225. The predicted molar refractivity (Wildman–Crippen MR) is 40.4 cm³/mol. The second-order valence-electron chi connectivity index (χ2n) is 2.94. The molecule has 0 atom stereocenters. The maximum atomic E-state index is 11.6. The molecule has 14 heavy (non-hydrogen) atoms. The summed E-state index contributed by atoms with van der Waals surface area (Å²) in [6, 6.07) is 0. The summed E-state index contributed by atoms with van der Waals surface area (Å²) in [5.41, 5.74) is 0. The Morgan fingerprint density at radius 3 is 2.21 bits per heavy atom. The van der Waals surface area contributed by atoms with Crippen LogP contribution < -0.4 is 5.32 Å². The fourth-order valence-corrected chi connectivity index (χ4v) is 0.442. The maximum Gasteiger partial charge on any atom is 0.471 e.